The van der Waals surface area contributed by atoms with E-state index in [-0.39, 0.29) is 17.4 Å². The zero-order valence-corrected chi connectivity index (χ0v) is 16.2. The van der Waals surface area contributed by atoms with Gasteiger partial charge in [-0.15, -0.1) is 0 Å². The van der Waals surface area contributed by atoms with E-state index in [4.69, 9.17) is 5.26 Å². The van der Waals surface area contributed by atoms with E-state index in [0.29, 0.717) is 17.8 Å². The first-order chi connectivity index (χ1) is 12.2. The van der Waals surface area contributed by atoms with E-state index in [0.717, 1.165) is 5.56 Å². The van der Waals surface area contributed by atoms with Crippen molar-refractivity contribution in [2.75, 3.05) is 12.4 Å². The Labute approximate surface area is 156 Å². The van der Waals surface area contributed by atoms with Crippen molar-refractivity contribution >= 4 is 11.6 Å². The maximum Gasteiger partial charge on any atom is 0.241 e. The van der Waals surface area contributed by atoms with Crippen LogP contribution < -0.4 is 5.32 Å². The van der Waals surface area contributed by atoms with Crippen LogP contribution in [0.5, 0.6) is 0 Å². The average molecular weight is 349 g/mol. The Morgan fingerprint density at radius 1 is 1.15 bits per heavy atom. The van der Waals surface area contributed by atoms with Crippen LogP contribution in [0.4, 0.5) is 5.69 Å². The van der Waals surface area contributed by atoms with Gasteiger partial charge in [-0.2, -0.15) is 5.26 Å². The van der Waals surface area contributed by atoms with Crippen LogP contribution in [0.25, 0.3) is 0 Å². The number of para-hydroxylation sites is 1. The summed E-state index contributed by atoms with van der Waals surface area (Å²) >= 11 is 0. The van der Waals surface area contributed by atoms with Crippen LogP contribution in [0.3, 0.4) is 0 Å². The van der Waals surface area contributed by atoms with Gasteiger partial charge in [0.2, 0.25) is 5.91 Å². The first kappa shape index (κ1) is 19.7. The molecule has 0 radical (unpaired) electrons. The average Bonchev–Trinajstić information content (AvgIpc) is 2.61. The normalized spacial score (nSPS) is 12.5. The molecule has 4 heteroatoms. The lowest BCUT2D eigenvalue weighted by molar-refractivity contribution is -0.120. The molecule has 1 N–H and O–H groups in total. The van der Waals surface area contributed by atoms with Crippen LogP contribution >= 0.6 is 0 Å². The molecule has 4 nitrogen and oxygen atoms in total. The predicted octanol–water partition coefficient (Wildman–Crippen LogP) is 4.31. The lowest BCUT2D eigenvalue weighted by atomic mass is 9.87. The van der Waals surface area contributed by atoms with Gasteiger partial charge in [0.1, 0.15) is 6.07 Å². The number of hydrogen-bond acceptors (Lipinski definition) is 3. The van der Waals surface area contributed by atoms with Crippen molar-refractivity contribution < 1.29 is 4.79 Å². The summed E-state index contributed by atoms with van der Waals surface area (Å²) in [6, 6.07) is 17.3. The minimum atomic E-state index is -0.316. The zero-order valence-electron chi connectivity index (χ0n) is 16.2. The summed E-state index contributed by atoms with van der Waals surface area (Å²) in [5.41, 5.74) is 3.61. The van der Waals surface area contributed by atoms with Gasteiger partial charge in [-0.05, 0) is 42.6 Å². The highest BCUT2D eigenvalue weighted by molar-refractivity contribution is 5.95. The van der Waals surface area contributed by atoms with E-state index in [1.54, 1.807) is 18.2 Å². The van der Waals surface area contributed by atoms with Crippen molar-refractivity contribution in [3.8, 4) is 6.07 Å². The number of benzene rings is 2. The molecule has 0 fully saturated rings. The van der Waals surface area contributed by atoms with Crippen LogP contribution in [-0.2, 0) is 16.8 Å². The second-order valence-corrected chi connectivity index (χ2v) is 7.68. The Kier molecular flexibility index (Phi) is 6.18. The van der Waals surface area contributed by atoms with Crippen molar-refractivity contribution in [2.24, 2.45) is 0 Å². The van der Waals surface area contributed by atoms with Gasteiger partial charge in [-0.25, -0.2) is 0 Å². The van der Waals surface area contributed by atoms with Crippen molar-refractivity contribution in [1.82, 2.24) is 4.90 Å². The minimum Gasteiger partial charge on any atom is -0.324 e. The minimum absolute atomic E-state index is 0.124. The molecule has 2 aromatic carbocycles. The Balaban J connectivity index is 2.01. The van der Waals surface area contributed by atoms with E-state index in [9.17, 15) is 4.79 Å². The molecule has 26 heavy (non-hydrogen) atoms. The maximum absolute atomic E-state index is 12.5. The topological polar surface area (TPSA) is 56.1 Å². The van der Waals surface area contributed by atoms with Crippen molar-refractivity contribution in [3.63, 3.8) is 0 Å². The lowest BCUT2D eigenvalue weighted by Crippen LogP contribution is -2.39. The maximum atomic E-state index is 12.5. The van der Waals surface area contributed by atoms with E-state index in [1.165, 1.54) is 5.56 Å². The number of nitrogens with zero attached hydrogens (tertiary/aromatic N) is 2. The summed E-state index contributed by atoms with van der Waals surface area (Å²) in [6.45, 7) is 9.13. The third-order valence-electron chi connectivity index (χ3n) is 4.60. The highest BCUT2D eigenvalue weighted by Gasteiger charge is 2.19. The molecule has 0 aliphatic carbocycles. The molecule has 0 aliphatic heterocycles. The summed E-state index contributed by atoms with van der Waals surface area (Å²) in [5, 5.41) is 12.0. The molecule has 0 saturated heterocycles. The number of nitrogens with one attached hydrogen (secondary N) is 1. The molecule has 136 valence electrons. The molecule has 0 aromatic heterocycles. The highest BCUT2D eigenvalue weighted by atomic mass is 16.2. The molecule has 0 spiro atoms. The number of rotatable bonds is 5. The molecular formula is C22H27N3O. The summed E-state index contributed by atoms with van der Waals surface area (Å²) in [6.07, 6.45) is 0. The first-order valence-electron chi connectivity index (χ1n) is 8.82. The Bertz CT molecular complexity index is 797. The van der Waals surface area contributed by atoms with E-state index >= 15 is 0 Å². The van der Waals surface area contributed by atoms with Gasteiger partial charge < -0.3 is 5.32 Å². The molecule has 2 aromatic rings. The van der Waals surface area contributed by atoms with Crippen LogP contribution in [0.1, 0.15) is 44.4 Å². The standard InChI is InChI=1S/C22H27N3O/c1-16(21(26)24-20-9-7-6-8-18(20)14-23)25(5)15-17-10-12-19(13-11-17)22(2,3)4/h6-13,16H,15H2,1-5H3,(H,24,26)/t16-/m1/s1. The van der Waals surface area contributed by atoms with E-state index < -0.39 is 0 Å². The molecule has 0 aliphatic rings. The summed E-state index contributed by atoms with van der Waals surface area (Å²) in [7, 11) is 1.93. The van der Waals surface area contributed by atoms with Crippen LogP contribution in [0.2, 0.25) is 0 Å². The van der Waals surface area contributed by atoms with Crippen molar-refractivity contribution in [3.05, 3.63) is 65.2 Å². The van der Waals surface area contributed by atoms with Gasteiger partial charge >= 0.3 is 0 Å². The second kappa shape index (κ2) is 8.16. The monoisotopic (exact) mass is 349 g/mol. The molecule has 0 unspecified atom stereocenters. The quantitative estimate of drug-likeness (QED) is 0.875. The third kappa shape index (κ3) is 4.93. The fourth-order valence-corrected chi connectivity index (χ4v) is 2.66. The molecular weight excluding hydrogens is 322 g/mol. The lowest BCUT2D eigenvalue weighted by Gasteiger charge is -2.25. The fraction of sp³-hybridized carbons (Fsp3) is 0.364. The number of nitriles is 1. The smallest absolute Gasteiger partial charge is 0.241 e. The number of hydrogen-bond donors (Lipinski definition) is 1. The van der Waals surface area contributed by atoms with Crippen LogP contribution in [-0.4, -0.2) is 23.9 Å². The van der Waals surface area contributed by atoms with Crippen LogP contribution in [0.15, 0.2) is 48.5 Å². The van der Waals surface area contributed by atoms with Gasteiger partial charge in [0.25, 0.3) is 0 Å². The Morgan fingerprint density at radius 3 is 2.35 bits per heavy atom. The molecule has 1 atom stereocenters. The van der Waals surface area contributed by atoms with Crippen molar-refractivity contribution in [1.29, 1.82) is 5.26 Å². The number of anilines is 1. The Hall–Kier alpha value is -2.64. The fourth-order valence-electron chi connectivity index (χ4n) is 2.66. The Morgan fingerprint density at radius 2 is 1.77 bits per heavy atom. The third-order valence-corrected chi connectivity index (χ3v) is 4.60. The predicted molar refractivity (Wildman–Crippen MR) is 106 cm³/mol. The number of amides is 1. The van der Waals surface area contributed by atoms with Gasteiger partial charge in [0.05, 0.1) is 17.3 Å². The van der Waals surface area contributed by atoms with Gasteiger partial charge in [0.15, 0.2) is 0 Å². The molecule has 0 heterocycles. The summed E-state index contributed by atoms with van der Waals surface area (Å²) in [5.74, 6) is -0.124. The van der Waals surface area contributed by atoms with Gasteiger partial charge in [-0.3, -0.25) is 9.69 Å². The molecule has 1 amide bonds. The number of carbonyl (C=O) groups excluding carboxylic acids is 1. The van der Waals surface area contributed by atoms with Crippen molar-refractivity contribution in [2.45, 2.75) is 45.7 Å². The van der Waals surface area contributed by atoms with Gasteiger partial charge in [0, 0.05) is 6.54 Å². The van der Waals surface area contributed by atoms with Gasteiger partial charge in [-0.1, -0.05) is 57.2 Å². The molecule has 2 rings (SSSR count). The largest absolute Gasteiger partial charge is 0.324 e. The SMILES string of the molecule is C[C@H](C(=O)Nc1ccccc1C#N)N(C)Cc1ccc(C(C)(C)C)cc1. The number of likely N-dealkylation sites (N-methyl/N-ethyl adjacent to an activating group) is 1. The highest BCUT2D eigenvalue weighted by Crippen LogP contribution is 2.22. The number of carbonyl (C=O) groups is 1. The van der Waals surface area contributed by atoms with E-state index in [1.807, 2.05) is 24.9 Å². The summed E-state index contributed by atoms with van der Waals surface area (Å²) in [4.78, 5) is 14.5. The first-order valence-corrected chi connectivity index (χ1v) is 8.82. The zero-order chi connectivity index (χ0) is 19.3. The van der Waals surface area contributed by atoms with E-state index in [2.05, 4.69) is 56.4 Å². The second-order valence-electron chi connectivity index (χ2n) is 7.68. The molecule has 0 saturated carbocycles. The van der Waals surface area contributed by atoms with Crippen LogP contribution in [0, 0.1) is 11.3 Å². The molecule has 0 bridgehead atoms. The summed E-state index contributed by atoms with van der Waals surface area (Å²) < 4.78 is 0.